The van der Waals surface area contributed by atoms with Crippen LogP contribution in [0.15, 0.2) is 0 Å². The molecule has 0 aliphatic carbocycles. The van der Waals surface area contributed by atoms with Crippen LogP contribution in [-0.4, -0.2) is 35.4 Å². The maximum atomic E-state index is 11.9. The Labute approximate surface area is 102 Å². The van der Waals surface area contributed by atoms with Crippen molar-refractivity contribution in [2.45, 2.75) is 40.0 Å². The van der Waals surface area contributed by atoms with Crippen LogP contribution < -0.4 is 0 Å². The summed E-state index contributed by atoms with van der Waals surface area (Å²) in [6.07, 6.45) is 0.606. The second kappa shape index (κ2) is 7.27. The molecule has 0 aromatic heterocycles. The highest BCUT2D eigenvalue weighted by Crippen LogP contribution is 2.34. The maximum absolute atomic E-state index is 11.9. The zero-order chi connectivity index (χ0) is 13.5. The Bertz CT molecular complexity index is 262. The monoisotopic (exact) mass is 246 g/mol. The van der Waals surface area contributed by atoms with Gasteiger partial charge in [0.2, 0.25) is 0 Å². The Hall–Kier alpha value is -1.10. The molecule has 1 atom stereocenters. The van der Waals surface area contributed by atoms with Crippen molar-refractivity contribution in [1.82, 2.24) is 0 Å². The van der Waals surface area contributed by atoms with E-state index in [0.717, 1.165) is 0 Å². The van der Waals surface area contributed by atoms with Crippen LogP contribution in [0.1, 0.15) is 40.0 Å². The summed E-state index contributed by atoms with van der Waals surface area (Å²) >= 11 is 0. The zero-order valence-corrected chi connectivity index (χ0v) is 10.7. The van der Waals surface area contributed by atoms with Gasteiger partial charge in [-0.3, -0.25) is 9.59 Å². The summed E-state index contributed by atoms with van der Waals surface area (Å²) < 4.78 is 4.87. The SMILES string of the molecule is CCOC(=O)C(CCCO)(CC(C)C)C(=O)O. The van der Waals surface area contributed by atoms with Crippen LogP contribution in [-0.2, 0) is 14.3 Å². The van der Waals surface area contributed by atoms with Crippen molar-refractivity contribution in [3.8, 4) is 0 Å². The van der Waals surface area contributed by atoms with E-state index in [1.165, 1.54) is 0 Å². The largest absolute Gasteiger partial charge is 0.480 e. The number of aliphatic hydroxyl groups excluding tert-OH is 1. The Kier molecular flexibility index (Phi) is 6.80. The van der Waals surface area contributed by atoms with Gasteiger partial charge in [-0.1, -0.05) is 13.8 Å². The molecule has 17 heavy (non-hydrogen) atoms. The molecule has 100 valence electrons. The topological polar surface area (TPSA) is 83.8 Å². The van der Waals surface area contributed by atoms with E-state index in [1.807, 2.05) is 13.8 Å². The van der Waals surface area contributed by atoms with Gasteiger partial charge in [-0.2, -0.15) is 0 Å². The lowest BCUT2D eigenvalue weighted by molar-refractivity contribution is -0.170. The molecule has 0 amide bonds. The molecule has 0 saturated heterocycles. The highest BCUT2D eigenvalue weighted by Gasteiger charge is 2.47. The van der Waals surface area contributed by atoms with Gasteiger partial charge in [-0.05, 0) is 32.1 Å². The Morgan fingerprint density at radius 3 is 2.29 bits per heavy atom. The van der Waals surface area contributed by atoms with Crippen LogP contribution in [0.2, 0.25) is 0 Å². The molecule has 0 aliphatic rings. The van der Waals surface area contributed by atoms with E-state index in [1.54, 1.807) is 6.92 Å². The summed E-state index contributed by atoms with van der Waals surface area (Å²) in [5.74, 6) is -1.80. The molecule has 0 aliphatic heterocycles. The minimum atomic E-state index is -1.52. The predicted molar refractivity (Wildman–Crippen MR) is 62.5 cm³/mol. The van der Waals surface area contributed by atoms with E-state index in [4.69, 9.17) is 9.84 Å². The molecule has 0 aromatic carbocycles. The van der Waals surface area contributed by atoms with Crippen molar-refractivity contribution in [2.75, 3.05) is 13.2 Å². The first-order valence-corrected chi connectivity index (χ1v) is 5.92. The fraction of sp³-hybridized carbons (Fsp3) is 0.833. The molecular formula is C12H22O5. The van der Waals surface area contributed by atoms with Crippen LogP contribution in [0.25, 0.3) is 0 Å². The molecular weight excluding hydrogens is 224 g/mol. The molecule has 0 rings (SSSR count). The first-order chi connectivity index (χ1) is 7.90. The van der Waals surface area contributed by atoms with Crippen molar-refractivity contribution in [1.29, 1.82) is 0 Å². The average molecular weight is 246 g/mol. The molecule has 1 unspecified atom stereocenters. The summed E-state index contributed by atoms with van der Waals surface area (Å²) in [5, 5.41) is 18.1. The first-order valence-electron chi connectivity index (χ1n) is 5.92. The van der Waals surface area contributed by atoms with Gasteiger partial charge < -0.3 is 14.9 Å². The molecule has 2 N–H and O–H groups in total. The van der Waals surface area contributed by atoms with Gasteiger partial charge in [0.15, 0.2) is 5.41 Å². The highest BCUT2D eigenvalue weighted by molar-refractivity contribution is 5.99. The van der Waals surface area contributed by atoms with Crippen LogP contribution in [0.3, 0.4) is 0 Å². The number of aliphatic carboxylic acids is 1. The van der Waals surface area contributed by atoms with E-state index >= 15 is 0 Å². The van der Waals surface area contributed by atoms with Crippen LogP contribution in [0.4, 0.5) is 0 Å². The van der Waals surface area contributed by atoms with Crippen molar-refractivity contribution < 1.29 is 24.5 Å². The number of rotatable bonds is 8. The smallest absolute Gasteiger partial charge is 0.323 e. The summed E-state index contributed by atoms with van der Waals surface area (Å²) in [6, 6.07) is 0. The highest BCUT2D eigenvalue weighted by atomic mass is 16.5. The summed E-state index contributed by atoms with van der Waals surface area (Å²) in [6.45, 7) is 5.38. The number of aliphatic hydroxyl groups is 1. The number of hydrogen-bond donors (Lipinski definition) is 2. The average Bonchev–Trinajstić information content (AvgIpc) is 2.23. The molecule has 5 nitrogen and oxygen atoms in total. The molecule has 0 fully saturated rings. The van der Waals surface area contributed by atoms with Gasteiger partial charge in [0.1, 0.15) is 0 Å². The Balaban J connectivity index is 5.08. The third-order valence-electron chi connectivity index (χ3n) is 2.59. The maximum Gasteiger partial charge on any atom is 0.323 e. The lowest BCUT2D eigenvalue weighted by Gasteiger charge is -2.28. The quantitative estimate of drug-likeness (QED) is 0.500. The lowest BCUT2D eigenvalue weighted by Crippen LogP contribution is -2.42. The van der Waals surface area contributed by atoms with E-state index in [-0.39, 0.29) is 38.4 Å². The number of carboxylic acid groups (broad SMARTS) is 1. The lowest BCUT2D eigenvalue weighted by atomic mass is 9.76. The number of carbonyl (C=O) groups excluding carboxylic acids is 1. The molecule has 0 saturated carbocycles. The van der Waals surface area contributed by atoms with E-state index in [2.05, 4.69) is 0 Å². The summed E-state index contributed by atoms with van der Waals surface area (Å²) in [4.78, 5) is 23.3. The predicted octanol–water partition coefficient (Wildman–Crippen LogP) is 1.44. The number of carboxylic acids is 1. The zero-order valence-electron chi connectivity index (χ0n) is 10.7. The first kappa shape index (κ1) is 15.9. The van der Waals surface area contributed by atoms with E-state index in [9.17, 15) is 14.7 Å². The van der Waals surface area contributed by atoms with Gasteiger partial charge in [0, 0.05) is 6.61 Å². The minimum Gasteiger partial charge on any atom is -0.480 e. The normalized spacial score (nSPS) is 14.4. The van der Waals surface area contributed by atoms with Gasteiger partial charge in [-0.15, -0.1) is 0 Å². The van der Waals surface area contributed by atoms with Crippen molar-refractivity contribution in [3.63, 3.8) is 0 Å². The van der Waals surface area contributed by atoms with Gasteiger partial charge in [-0.25, -0.2) is 0 Å². The van der Waals surface area contributed by atoms with Crippen molar-refractivity contribution in [3.05, 3.63) is 0 Å². The van der Waals surface area contributed by atoms with E-state index in [0.29, 0.717) is 0 Å². The second-order valence-corrected chi connectivity index (χ2v) is 4.53. The molecule has 5 heteroatoms. The number of hydrogen-bond acceptors (Lipinski definition) is 4. The molecule has 0 aromatic rings. The van der Waals surface area contributed by atoms with Crippen LogP contribution in [0, 0.1) is 11.3 Å². The van der Waals surface area contributed by atoms with E-state index < -0.39 is 17.4 Å². The molecule has 0 radical (unpaired) electrons. The molecule has 0 spiro atoms. The van der Waals surface area contributed by atoms with Crippen molar-refractivity contribution in [2.24, 2.45) is 11.3 Å². The third kappa shape index (κ3) is 4.34. The number of carbonyl (C=O) groups is 2. The third-order valence-corrected chi connectivity index (χ3v) is 2.59. The molecule has 0 bridgehead atoms. The second-order valence-electron chi connectivity index (χ2n) is 4.53. The molecule has 0 heterocycles. The number of ether oxygens (including phenoxy) is 1. The fourth-order valence-electron chi connectivity index (χ4n) is 1.92. The summed E-state index contributed by atoms with van der Waals surface area (Å²) in [5.41, 5.74) is -1.52. The van der Waals surface area contributed by atoms with Gasteiger partial charge in [0.05, 0.1) is 6.61 Å². The summed E-state index contributed by atoms with van der Waals surface area (Å²) in [7, 11) is 0. The standard InChI is InChI=1S/C12H22O5/c1-4-17-11(16)12(10(14)15,6-5-7-13)8-9(2)3/h9,13H,4-8H2,1-3H3,(H,14,15). The Morgan fingerprint density at radius 2 is 1.94 bits per heavy atom. The van der Waals surface area contributed by atoms with Crippen LogP contribution >= 0.6 is 0 Å². The number of esters is 1. The van der Waals surface area contributed by atoms with Crippen molar-refractivity contribution >= 4 is 11.9 Å². The van der Waals surface area contributed by atoms with Gasteiger partial charge >= 0.3 is 11.9 Å². The Morgan fingerprint density at radius 1 is 1.35 bits per heavy atom. The van der Waals surface area contributed by atoms with Gasteiger partial charge in [0.25, 0.3) is 0 Å². The fourth-order valence-corrected chi connectivity index (χ4v) is 1.92. The minimum absolute atomic E-state index is 0.0641. The van der Waals surface area contributed by atoms with Crippen LogP contribution in [0.5, 0.6) is 0 Å².